The van der Waals surface area contributed by atoms with Gasteiger partial charge in [-0.15, -0.1) is 0 Å². The second kappa shape index (κ2) is 7.60. The van der Waals surface area contributed by atoms with Crippen molar-refractivity contribution in [3.05, 3.63) is 29.8 Å². The number of nitrogens with zero attached hydrogens (tertiary/aromatic N) is 2. The lowest BCUT2D eigenvalue weighted by molar-refractivity contribution is -0.139. The maximum Gasteiger partial charge on any atom is 0.258 e. The van der Waals surface area contributed by atoms with Crippen LogP contribution in [0.25, 0.3) is 0 Å². The van der Waals surface area contributed by atoms with Crippen molar-refractivity contribution in [3.63, 3.8) is 0 Å². The number of fused-ring (bicyclic) bond motifs is 1. The molecule has 5 rings (SSSR count). The molecule has 1 aliphatic carbocycles. The number of piperidine rings is 1. The normalized spacial score (nSPS) is 26.3. The molecule has 3 fully saturated rings. The Labute approximate surface area is 176 Å². The highest BCUT2D eigenvalue weighted by atomic mass is 16.5. The summed E-state index contributed by atoms with van der Waals surface area (Å²) in [7, 11) is 0. The summed E-state index contributed by atoms with van der Waals surface area (Å²) in [5.41, 5.74) is -0.198. The van der Waals surface area contributed by atoms with E-state index in [4.69, 9.17) is 4.74 Å². The molecule has 1 aromatic rings. The molecule has 1 aromatic carbocycles. The van der Waals surface area contributed by atoms with Gasteiger partial charge in [-0.2, -0.15) is 0 Å². The third kappa shape index (κ3) is 3.44. The van der Waals surface area contributed by atoms with Crippen molar-refractivity contribution in [2.45, 2.75) is 63.1 Å². The molecule has 4 aliphatic rings. The summed E-state index contributed by atoms with van der Waals surface area (Å²) < 4.78 is 6.17. The van der Waals surface area contributed by atoms with Crippen molar-refractivity contribution >= 4 is 17.7 Å². The maximum atomic E-state index is 13.1. The van der Waals surface area contributed by atoms with E-state index in [2.05, 4.69) is 5.32 Å². The Bertz CT molecular complexity index is 856. The van der Waals surface area contributed by atoms with E-state index in [1.165, 1.54) is 19.3 Å². The number of carbonyl (C=O) groups is 3. The van der Waals surface area contributed by atoms with E-state index in [0.717, 1.165) is 12.8 Å². The van der Waals surface area contributed by atoms with Crippen LogP contribution in [0.1, 0.15) is 61.7 Å². The average molecular weight is 412 g/mol. The van der Waals surface area contributed by atoms with Gasteiger partial charge >= 0.3 is 0 Å². The highest BCUT2D eigenvalue weighted by Crippen LogP contribution is 2.35. The summed E-state index contributed by atoms with van der Waals surface area (Å²) in [5, 5.41) is 3.01. The third-order valence-corrected chi connectivity index (χ3v) is 7.18. The maximum absolute atomic E-state index is 13.1. The number of nitrogens with one attached hydrogen (secondary N) is 1. The third-order valence-electron chi connectivity index (χ3n) is 7.18. The standard InChI is InChI=1S/C23H29N3O4/c27-20-14-16(15-26(20)17-6-2-1-3-7-17)22(29)25-12-10-23(11-13-25)24-21(28)18-8-4-5-9-19(18)30-23/h4-5,8-9,16-17H,1-3,6-7,10-15H2,(H,24,28). The zero-order valence-electron chi connectivity index (χ0n) is 17.3. The van der Waals surface area contributed by atoms with Crippen LogP contribution in [-0.4, -0.2) is 58.9 Å². The summed E-state index contributed by atoms with van der Waals surface area (Å²) in [4.78, 5) is 42.0. The first kappa shape index (κ1) is 19.4. The molecule has 160 valence electrons. The number of rotatable bonds is 2. The van der Waals surface area contributed by atoms with E-state index >= 15 is 0 Å². The number of benzene rings is 1. The summed E-state index contributed by atoms with van der Waals surface area (Å²) in [5.74, 6) is 0.440. The minimum atomic E-state index is -0.748. The molecule has 2 saturated heterocycles. The van der Waals surface area contributed by atoms with Gasteiger partial charge in [-0.05, 0) is 25.0 Å². The van der Waals surface area contributed by atoms with Gasteiger partial charge in [0.1, 0.15) is 5.75 Å². The van der Waals surface area contributed by atoms with Crippen molar-refractivity contribution in [3.8, 4) is 5.75 Å². The molecular formula is C23H29N3O4. The fraction of sp³-hybridized carbons (Fsp3) is 0.609. The van der Waals surface area contributed by atoms with Crippen LogP contribution in [0, 0.1) is 5.92 Å². The number of ether oxygens (including phenoxy) is 1. The molecule has 0 radical (unpaired) electrons. The van der Waals surface area contributed by atoms with Crippen LogP contribution in [0.4, 0.5) is 0 Å². The number of para-hydroxylation sites is 1. The average Bonchev–Trinajstić information content (AvgIpc) is 3.16. The summed E-state index contributed by atoms with van der Waals surface area (Å²) >= 11 is 0. The Hall–Kier alpha value is -2.57. The van der Waals surface area contributed by atoms with Crippen LogP contribution >= 0.6 is 0 Å². The van der Waals surface area contributed by atoms with Crippen molar-refractivity contribution < 1.29 is 19.1 Å². The minimum absolute atomic E-state index is 0.0686. The molecule has 1 unspecified atom stereocenters. The molecule has 30 heavy (non-hydrogen) atoms. The van der Waals surface area contributed by atoms with Crippen LogP contribution in [0.5, 0.6) is 5.75 Å². The molecule has 7 heteroatoms. The van der Waals surface area contributed by atoms with E-state index in [1.54, 1.807) is 6.07 Å². The summed E-state index contributed by atoms with van der Waals surface area (Å²) in [6, 6.07) is 7.57. The number of amides is 3. The number of hydrogen-bond donors (Lipinski definition) is 1. The highest BCUT2D eigenvalue weighted by Gasteiger charge is 2.45. The Morgan fingerprint density at radius 1 is 1.07 bits per heavy atom. The first-order valence-corrected chi connectivity index (χ1v) is 11.2. The van der Waals surface area contributed by atoms with Gasteiger partial charge in [0.25, 0.3) is 5.91 Å². The first-order valence-electron chi connectivity index (χ1n) is 11.2. The Kier molecular flexibility index (Phi) is 4.91. The Balaban J connectivity index is 1.20. The van der Waals surface area contributed by atoms with Gasteiger partial charge < -0.3 is 19.9 Å². The zero-order chi connectivity index (χ0) is 20.7. The molecular weight excluding hydrogens is 382 g/mol. The van der Waals surface area contributed by atoms with Gasteiger partial charge in [-0.3, -0.25) is 14.4 Å². The SMILES string of the molecule is O=C1NC2(CCN(C(=O)C3CC(=O)N(C4CCCCC4)C3)CC2)Oc2ccccc21. The van der Waals surface area contributed by atoms with E-state index in [-0.39, 0.29) is 23.6 Å². The van der Waals surface area contributed by atoms with Gasteiger partial charge in [0.2, 0.25) is 11.8 Å². The number of hydrogen-bond acceptors (Lipinski definition) is 4. The van der Waals surface area contributed by atoms with Gasteiger partial charge in [0, 0.05) is 44.9 Å². The molecule has 3 heterocycles. The predicted molar refractivity (Wildman–Crippen MR) is 110 cm³/mol. The van der Waals surface area contributed by atoms with Gasteiger partial charge in [-0.1, -0.05) is 31.4 Å². The van der Waals surface area contributed by atoms with Crippen LogP contribution in [-0.2, 0) is 9.59 Å². The monoisotopic (exact) mass is 411 g/mol. The van der Waals surface area contributed by atoms with Gasteiger partial charge in [-0.25, -0.2) is 0 Å². The zero-order valence-corrected chi connectivity index (χ0v) is 17.3. The fourth-order valence-corrected chi connectivity index (χ4v) is 5.47. The molecule has 7 nitrogen and oxygen atoms in total. The smallest absolute Gasteiger partial charge is 0.258 e. The van der Waals surface area contributed by atoms with Gasteiger partial charge in [0.05, 0.1) is 11.5 Å². The lowest BCUT2D eigenvalue weighted by Crippen LogP contribution is -2.62. The first-order chi connectivity index (χ1) is 14.5. The lowest BCUT2D eigenvalue weighted by atomic mass is 9.94. The summed E-state index contributed by atoms with van der Waals surface area (Å²) in [6.07, 6.45) is 7.16. The van der Waals surface area contributed by atoms with Crippen molar-refractivity contribution in [1.29, 1.82) is 0 Å². The van der Waals surface area contributed by atoms with Crippen LogP contribution in [0.3, 0.4) is 0 Å². The molecule has 0 bridgehead atoms. The van der Waals surface area contributed by atoms with E-state index in [1.807, 2.05) is 28.0 Å². The van der Waals surface area contributed by atoms with E-state index in [0.29, 0.717) is 56.3 Å². The molecule has 1 saturated carbocycles. The molecule has 0 aromatic heterocycles. The molecule has 1 spiro atoms. The minimum Gasteiger partial charge on any atom is -0.467 e. The molecule has 1 N–H and O–H groups in total. The topological polar surface area (TPSA) is 79.0 Å². The van der Waals surface area contributed by atoms with Crippen molar-refractivity contribution in [2.75, 3.05) is 19.6 Å². The second-order valence-electron chi connectivity index (χ2n) is 9.11. The van der Waals surface area contributed by atoms with Gasteiger partial charge in [0.15, 0.2) is 5.72 Å². The lowest BCUT2D eigenvalue weighted by Gasteiger charge is -2.44. The second-order valence-corrected chi connectivity index (χ2v) is 9.11. The van der Waals surface area contributed by atoms with Crippen LogP contribution < -0.4 is 10.1 Å². The van der Waals surface area contributed by atoms with Crippen LogP contribution in [0.2, 0.25) is 0 Å². The van der Waals surface area contributed by atoms with Crippen LogP contribution in [0.15, 0.2) is 24.3 Å². The molecule has 1 atom stereocenters. The van der Waals surface area contributed by atoms with E-state index < -0.39 is 5.72 Å². The molecule has 3 amide bonds. The Morgan fingerprint density at radius 2 is 1.80 bits per heavy atom. The largest absolute Gasteiger partial charge is 0.467 e. The number of likely N-dealkylation sites (tertiary alicyclic amines) is 2. The quantitative estimate of drug-likeness (QED) is 0.810. The highest BCUT2D eigenvalue weighted by molar-refractivity contribution is 5.98. The fourth-order valence-electron chi connectivity index (χ4n) is 5.47. The van der Waals surface area contributed by atoms with Crippen molar-refractivity contribution in [1.82, 2.24) is 15.1 Å². The predicted octanol–water partition coefficient (Wildman–Crippen LogP) is 2.31. The summed E-state index contributed by atoms with van der Waals surface area (Å²) in [6.45, 7) is 1.61. The Morgan fingerprint density at radius 3 is 2.57 bits per heavy atom. The van der Waals surface area contributed by atoms with Crippen molar-refractivity contribution in [2.24, 2.45) is 5.92 Å². The van der Waals surface area contributed by atoms with E-state index in [9.17, 15) is 14.4 Å². The molecule has 3 aliphatic heterocycles. The number of carbonyl (C=O) groups excluding carboxylic acids is 3.